The molecule has 1 fully saturated rings. The quantitative estimate of drug-likeness (QED) is 0.855. The average molecular weight is 275 g/mol. The van der Waals surface area contributed by atoms with Gasteiger partial charge >= 0.3 is 0 Å². The number of ether oxygens (including phenoxy) is 2. The first-order valence-electron chi connectivity index (χ1n) is 6.69. The zero-order valence-electron chi connectivity index (χ0n) is 11.6. The maximum atomic E-state index is 5.44. The molecule has 3 heterocycles. The first-order valence-corrected chi connectivity index (χ1v) is 6.69. The smallest absolute Gasteiger partial charge is 0.230 e. The maximum absolute atomic E-state index is 5.44. The van der Waals surface area contributed by atoms with E-state index in [0.717, 1.165) is 25.2 Å². The standard InChI is InChI=1S/C14H17N3O3/c1-9-8-19-6-5-11(9)14-16-13(17-20-14)10-3-4-12(18-2)15-7-10/h3-4,7,9,11H,5-6,8H2,1-2H3/t9-,11+/m1/s1. The van der Waals surface area contributed by atoms with Gasteiger partial charge in [-0.1, -0.05) is 12.1 Å². The predicted octanol–water partition coefficient (Wildman–Crippen LogP) is 2.28. The maximum Gasteiger partial charge on any atom is 0.230 e. The molecular formula is C14H17N3O3. The number of pyridine rings is 1. The van der Waals surface area contributed by atoms with Crippen molar-refractivity contribution in [3.8, 4) is 17.3 Å². The summed E-state index contributed by atoms with van der Waals surface area (Å²) in [5.74, 6) is 2.48. The van der Waals surface area contributed by atoms with E-state index in [1.165, 1.54) is 0 Å². The Morgan fingerprint density at radius 2 is 2.25 bits per heavy atom. The molecule has 2 aromatic heterocycles. The highest BCUT2D eigenvalue weighted by atomic mass is 16.5. The Bertz CT molecular complexity index is 567. The van der Waals surface area contributed by atoms with Crippen LogP contribution in [0.4, 0.5) is 0 Å². The minimum atomic E-state index is 0.274. The first kappa shape index (κ1) is 13.1. The highest BCUT2D eigenvalue weighted by Gasteiger charge is 2.28. The molecule has 20 heavy (non-hydrogen) atoms. The van der Waals surface area contributed by atoms with Gasteiger partial charge in [-0.05, 0) is 18.4 Å². The third-order valence-corrected chi connectivity index (χ3v) is 3.60. The molecule has 106 valence electrons. The van der Waals surface area contributed by atoms with E-state index in [1.54, 1.807) is 19.4 Å². The molecule has 1 aliphatic rings. The second kappa shape index (κ2) is 5.58. The van der Waals surface area contributed by atoms with Gasteiger partial charge in [-0.2, -0.15) is 4.98 Å². The van der Waals surface area contributed by atoms with Gasteiger partial charge in [0.05, 0.1) is 7.11 Å². The second-order valence-electron chi connectivity index (χ2n) is 4.99. The van der Waals surface area contributed by atoms with Crippen LogP contribution in [0.3, 0.4) is 0 Å². The van der Waals surface area contributed by atoms with Gasteiger partial charge in [0.2, 0.25) is 17.6 Å². The molecule has 0 saturated carbocycles. The van der Waals surface area contributed by atoms with E-state index in [-0.39, 0.29) is 5.92 Å². The summed E-state index contributed by atoms with van der Waals surface area (Å²) in [6.45, 7) is 3.63. The van der Waals surface area contributed by atoms with Gasteiger partial charge in [-0.15, -0.1) is 0 Å². The fourth-order valence-electron chi connectivity index (χ4n) is 2.38. The Kier molecular flexibility index (Phi) is 3.64. The van der Waals surface area contributed by atoms with Crippen molar-refractivity contribution >= 4 is 0 Å². The summed E-state index contributed by atoms with van der Waals surface area (Å²) in [6.07, 6.45) is 2.60. The molecule has 3 rings (SSSR count). The number of hydrogen-bond acceptors (Lipinski definition) is 6. The highest BCUT2D eigenvalue weighted by molar-refractivity contribution is 5.53. The third kappa shape index (κ3) is 2.51. The van der Waals surface area contributed by atoms with Crippen molar-refractivity contribution < 1.29 is 14.0 Å². The second-order valence-corrected chi connectivity index (χ2v) is 4.99. The van der Waals surface area contributed by atoms with Crippen molar-refractivity contribution in [2.24, 2.45) is 5.92 Å². The van der Waals surface area contributed by atoms with E-state index in [2.05, 4.69) is 22.0 Å². The number of nitrogens with zero attached hydrogens (tertiary/aromatic N) is 3. The Morgan fingerprint density at radius 3 is 2.95 bits per heavy atom. The van der Waals surface area contributed by atoms with Crippen LogP contribution in [0.15, 0.2) is 22.9 Å². The molecule has 0 spiro atoms. The molecule has 0 unspecified atom stereocenters. The van der Waals surface area contributed by atoms with Crippen LogP contribution in [0.5, 0.6) is 5.88 Å². The van der Waals surface area contributed by atoms with Crippen molar-refractivity contribution in [1.82, 2.24) is 15.1 Å². The lowest BCUT2D eigenvalue weighted by molar-refractivity contribution is 0.0392. The molecule has 1 saturated heterocycles. The predicted molar refractivity (Wildman–Crippen MR) is 71.4 cm³/mol. The van der Waals surface area contributed by atoms with Gasteiger partial charge in [0.25, 0.3) is 0 Å². The third-order valence-electron chi connectivity index (χ3n) is 3.60. The van der Waals surface area contributed by atoms with E-state index >= 15 is 0 Å². The number of hydrogen-bond donors (Lipinski definition) is 0. The van der Waals surface area contributed by atoms with Crippen LogP contribution in [-0.4, -0.2) is 35.4 Å². The molecule has 2 atom stereocenters. The molecule has 0 aliphatic carbocycles. The zero-order chi connectivity index (χ0) is 13.9. The summed E-state index contributed by atoms with van der Waals surface area (Å²) >= 11 is 0. The molecular weight excluding hydrogens is 258 g/mol. The summed E-state index contributed by atoms with van der Waals surface area (Å²) in [5.41, 5.74) is 0.820. The van der Waals surface area contributed by atoms with E-state index in [4.69, 9.17) is 14.0 Å². The first-order chi connectivity index (χ1) is 9.78. The Hall–Kier alpha value is -1.95. The van der Waals surface area contributed by atoms with Crippen LogP contribution in [0.1, 0.15) is 25.2 Å². The molecule has 0 radical (unpaired) electrons. The molecule has 0 aromatic carbocycles. The minimum Gasteiger partial charge on any atom is -0.481 e. The largest absolute Gasteiger partial charge is 0.481 e. The van der Waals surface area contributed by atoms with Crippen molar-refractivity contribution in [3.63, 3.8) is 0 Å². The molecule has 2 aromatic rings. The summed E-state index contributed by atoms with van der Waals surface area (Å²) in [7, 11) is 1.58. The Labute approximate surface area is 117 Å². The average Bonchev–Trinajstić information content (AvgIpc) is 2.97. The highest BCUT2D eigenvalue weighted by Crippen LogP contribution is 2.31. The summed E-state index contributed by atoms with van der Waals surface area (Å²) in [5, 5.41) is 4.04. The Balaban J connectivity index is 1.81. The molecule has 0 N–H and O–H groups in total. The van der Waals surface area contributed by atoms with Crippen LogP contribution in [0, 0.1) is 5.92 Å². The molecule has 1 aliphatic heterocycles. The van der Waals surface area contributed by atoms with Gasteiger partial charge in [0, 0.05) is 37.0 Å². The number of methoxy groups -OCH3 is 1. The fraction of sp³-hybridized carbons (Fsp3) is 0.500. The lowest BCUT2D eigenvalue weighted by Crippen LogP contribution is -2.23. The van der Waals surface area contributed by atoms with Crippen LogP contribution in [0.25, 0.3) is 11.4 Å². The van der Waals surface area contributed by atoms with Gasteiger partial charge in [-0.25, -0.2) is 4.98 Å². The Morgan fingerprint density at radius 1 is 1.35 bits per heavy atom. The van der Waals surface area contributed by atoms with Crippen molar-refractivity contribution in [2.75, 3.05) is 20.3 Å². The summed E-state index contributed by atoms with van der Waals surface area (Å²) in [4.78, 5) is 8.64. The minimum absolute atomic E-state index is 0.274. The van der Waals surface area contributed by atoms with Crippen molar-refractivity contribution in [1.29, 1.82) is 0 Å². The topological polar surface area (TPSA) is 70.3 Å². The van der Waals surface area contributed by atoms with Crippen LogP contribution in [0.2, 0.25) is 0 Å². The van der Waals surface area contributed by atoms with Gasteiger partial charge in [0.1, 0.15) is 0 Å². The van der Waals surface area contributed by atoms with Gasteiger partial charge in [0.15, 0.2) is 0 Å². The molecule has 0 bridgehead atoms. The van der Waals surface area contributed by atoms with Crippen LogP contribution >= 0.6 is 0 Å². The van der Waals surface area contributed by atoms with Gasteiger partial charge in [-0.3, -0.25) is 0 Å². The van der Waals surface area contributed by atoms with Crippen molar-refractivity contribution in [3.05, 3.63) is 24.2 Å². The number of rotatable bonds is 3. The van der Waals surface area contributed by atoms with E-state index in [1.807, 2.05) is 6.07 Å². The lowest BCUT2D eigenvalue weighted by atomic mass is 9.90. The summed E-state index contributed by atoms with van der Waals surface area (Å²) < 4.78 is 15.9. The normalized spacial score (nSPS) is 22.7. The summed E-state index contributed by atoms with van der Waals surface area (Å²) in [6, 6.07) is 3.65. The molecule has 6 nitrogen and oxygen atoms in total. The molecule has 6 heteroatoms. The molecule has 0 amide bonds. The van der Waals surface area contributed by atoms with Crippen LogP contribution < -0.4 is 4.74 Å². The number of aromatic nitrogens is 3. The van der Waals surface area contributed by atoms with E-state index in [9.17, 15) is 0 Å². The lowest BCUT2D eigenvalue weighted by Gasteiger charge is -2.25. The van der Waals surface area contributed by atoms with Crippen LogP contribution in [-0.2, 0) is 4.74 Å². The zero-order valence-corrected chi connectivity index (χ0v) is 11.6. The SMILES string of the molecule is COc1ccc(-c2noc([C@H]3CCOC[C@H]3C)n2)cn1. The van der Waals surface area contributed by atoms with E-state index < -0.39 is 0 Å². The van der Waals surface area contributed by atoms with E-state index in [0.29, 0.717) is 23.5 Å². The monoisotopic (exact) mass is 275 g/mol. The van der Waals surface area contributed by atoms with Crippen molar-refractivity contribution in [2.45, 2.75) is 19.3 Å². The fourth-order valence-corrected chi connectivity index (χ4v) is 2.38. The van der Waals surface area contributed by atoms with Gasteiger partial charge < -0.3 is 14.0 Å².